The van der Waals surface area contributed by atoms with Crippen molar-refractivity contribution in [1.29, 1.82) is 0 Å². The molecule has 2 rings (SSSR count). The summed E-state index contributed by atoms with van der Waals surface area (Å²) in [6.07, 6.45) is 3.34. The minimum atomic E-state index is 0.391. The van der Waals surface area contributed by atoms with Gasteiger partial charge in [-0.3, -0.25) is 0 Å². The smallest absolute Gasteiger partial charge is 0.128 e. The third-order valence-electron chi connectivity index (χ3n) is 2.52. The monoisotopic (exact) mass is 192 g/mol. The van der Waals surface area contributed by atoms with Gasteiger partial charge in [0, 0.05) is 25.9 Å². The topological polar surface area (TPSA) is 25.4 Å². The first kappa shape index (κ1) is 9.46. The molecule has 1 aromatic rings. The van der Waals surface area contributed by atoms with Gasteiger partial charge in [-0.1, -0.05) is 6.07 Å². The summed E-state index contributed by atoms with van der Waals surface area (Å²) in [5.74, 6) is 1.06. The second kappa shape index (κ2) is 4.42. The summed E-state index contributed by atoms with van der Waals surface area (Å²) in [5, 5.41) is 0. The second-order valence-electron chi connectivity index (χ2n) is 3.50. The minimum Gasteiger partial charge on any atom is -0.377 e. The van der Waals surface area contributed by atoms with Crippen LogP contribution in [-0.4, -0.2) is 30.8 Å². The molecule has 14 heavy (non-hydrogen) atoms. The molecular formula is C11H16N2O. The summed E-state index contributed by atoms with van der Waals surface area (Å²) in [5.41, 5.74) is 0. The standard InChI is InChI=1S/C11H16N2O/c1-2-14-10-6-8-13(9-10)11-5-3-4-7-12-11/h3-5,7,10H,2,6,8-9H2,1H3. The molecule has 3 heteroatoms. The molecule has 0 aromatic carbocycles. The Labute approximate surface area is 84.7 Å². The Hall–Kier alpha value is -1.09. The number of pyridine rings is 1. The molecule has 1 aliphatic rings. The van der Waals surface area contributed by atoms with Crippen molar-refractivity contribution >= 4 is 5.82 Å². The zero-order chi connectivity index (χ0) is 9.80. The number of anilines is 1. The number of nitrogens with zero attached hydrogens (tertiary/aromatic N) is 2. The van der Waals surface area contributed by atoms with Gasteiger partial charge in [-0.25, -0.2) is 4.98 Å². The molecular weight excluding hydrogens is 176 g/mol. The molecule has 1 aromatic heterocycles. The van der Waals surface area contributed by atoms with Gasteiger partial charge in [0.25, 0.3) is 0 Å². The van der Waals surface area contributed by atoms with Gasteiger partial charge in [0.05, 0.1) is 6.10 Å². The Bertz CT molecular complexity index is 276. The number of hydrogen-bond acceptors (Lipinski definition) is 3. The Morgan fingerprint density at radius 3 is 3.21 bits per heavy atom. The van der Waals surface area contributed by atoms with Crippen molar-refractivity contribution in [2.75, 3.05) is 24.6 Å². The largest absolute Gasteiger partial charge is 0.377 e. The first-order chi connectivity index (χ1) is 6.90. The first-order valence-corrected chi connectivity index (χ1v) is 5.17. The van der Waals surface area contributed by atoms with Crippen LogP contribution in [0.1, 0.15) is 13.3 Å². The molecule has 0 N–H and O–H groups in total. The molecule has 1 fully saturated rings. The lowest BCUT2D eigenvalue weighted by Crippen LogP contribution is -2.23. The van der Waals surface area contributed by atoms with Crippen LogP contribution in [0.5, 0.6) is 0 Å². The number of aromatic nitrogens is 1. The molecule has 1 saturated heterocycles. The Balaban J connectivity index is 1.96. The molecule has 1 aliphatic heterocycles. The summed E-state index contributed by atoms with van der Waals surface area (Å²) < 4.78 is 5.59. The van der Waals surface area contributed by atoms with Crippen molar-refractivity contribution in [1.82, 2.24) is 4.98 Å². The fourth-order valence-electron chi connectivity index (χ4n) is 1.85. The molecule has 0 aliphatic carbocycles. The quantitative estimate of drug-likeness (QED) is 0.728. The van der Waals surface area contributed by atoms with E-state index >= 15 is 0 Å². The highest BCUT2D eigenvalue weighted by atomic mass is 16.5. The summed E-state index contributed by atoms with van der Waals surface area (Å²) in [6, 6.07) is 6.02. The maximum Gasteiger partial charge on any atom is 0.128 e. The van der Waals surface area contributed by atoms with Crippen LogP contribution in [0.2, 0.25) is 0 Å². The summed E-state index contributed by atoms with van der Waals surface area (Å²) in [7, 11) is 0. The summed E-state index contributed by atoms with van der Waals surface area (Å²) >= 11 is 0. The van der Waals surface area contributed by atoms with E-state index in [2.05, 4.69) is 9.88 Å². The van der Waals surface area contributed by atoms with Crippen molar-refractivity contribution in [3.05, 3.63) is 24.4 Å². The van der Waals surface area contributed by atoms with E-state index in [0.717, 1.165) is 31.9 Å². The van der Waals surface area contributed by atoms with Crippen molar-refractivity contribution < 1.29 is 4.74 Å². The Morgan fingerprint density at radius 1 is 1.57 bits per heavy atom. The Kier molecular flexibility index (Phi) is 2.99. The van der Waals surface area contributed by atoms with E-state index in [9.17, 15) is 0 Å². The van der Waals surface area contributed by atoms with Crippen LogP contribution in [0.15, 0.2) is 24.4 Å². The van der Waals surface area contributed by atoms with Gasteiger partial charge in [-0.2, -0.15) is 0 Å². The number of hydrogen-bond donors (Lipinski definition) is 0. The normalized spacial score (nSPS) is 21.5. The van der Waals surface area contributed by atoms with Gasteiger partial charge in [0.1, 0.15) is 5.82 Å². The summed E-state index contributed by atoms with van der Waals surface area (Å²) in [4.78, 5) is 6.60. The van der Waals surface area contributed by atoms with Crippen LogP contribution in [0.4, 0.5) is 5.82 Å². The van der Waals surface area contributed by atoms with E-state index in [-0.39, 0.29) is 0 Å². The zero-order valence-corrected chi connectivity index (χ0v) is 8.52. The van der Waals surface area contributed by atoms with Gasteiger partial charge in [0.2, 0.25) is 0 Å². The highest BCUT2D eigenvalue weighted by Gasteiger charge is 2.23. The average Bonchev–Trinajstić information content (AvgIpc) is 2.68. The van der Waals surface area contributed by atoms with Gasteiger partial charge in [0.15, 0.2) is 0 Å². The van der Waals surface area contributed by atoms with Crippen molar-refractivity contribution in [3.63, 3.8) is 0 Å². The SMILES string of the molecule is CCOC1CCN(c2ccccn2)C1. The molecule has 76 valence electrons. The fraction of sp³-hybridized carbons (Fsp3) is 0.545. The van der Waals surface area contributed by atoms with Crippen molar-refractivity contribution in [2.24, 2.45) is 0 Å². The molecule has 0 bridgehead atoms. The van der Waals surface area contributed by atoms with Gasteiger partial charge >= 0.3 is 0 Å². The van der Waals surface area contributed by atoms with E-state index in [1.165, 1.54) is 0 Å². The molecule has 2 heterocycles. The van der Waals surface area contributed by atoms with E-state index < -0.39 is 0 Å². The molecule has 0 radical (unpaired) electrons. The molecule has 3 nitrogen and oxygen atoms in total. The predicted octanol–water partition coefficient (Wildman–Crippen LogP) is 1.70. The lowest BCUT2D eigenvalue weighted by atomic mass is 10.3. The number of ether oxygens (including phenoxy) is 1. The van der Waals surface area contributed by atoms with Crippen LogP contribution in [0.25, 0.3) is 0 Å². The summed E-state index contributed by atoms with van der Waals surface area (Å²) in [6.45, 7) is 4.89. The maximum absolute atomic E-state index is 5.59. The average molecular weight is 192 g/mol. The molecule has 0 spiro atoms. The maximum atomic E-state index is 5.59. The van der Waals surface area contributed by atoms with Crippen LogP contribution < -0.4 is 4.90 Å². The van der Waals surface area contributed by atoms with Gasteiger partial charge < -0.3 is 9.64 Å². The van der Waals surface area contributed by atoms with Crippen LogP contribution in [0, 0.1) is 0 Å². The van der Waals surface area contributed by atoms with Crippen molar-refractivity contribution in [3.8, 4) is 0 Å². The second-order valence-corrected chi connectivity index (χ2v) is 3.50. The highest BCUT2D eigenvalue weighted by molar-refractivity contribution is 5.39. The molecule has 1 unspecified atom stereocenters. The van der Waals surface area contributed by atoms with Gasteiger partial charge in [-0.05, 0) is 25.5 Å². The van der Waals surface area contributed by atoms with E-state index in [4.69, 9.17) is 4.74 Å². The Morgan fingerprint density at radius 2 is 2.50 bits per heavy atom. The molecule has 0 saturated carbocycles. The van der Waals surface area contributed by atoms with E-state index in [0.29, 0.717) is 6.10 Å². The molecule has 0 amide bonds. The predicted molar refractivity (Wildman–Crippen MR) is 56.5 cm³/mol. The lowest BCUT2D eigenvalue weighted by molar-refractivity contribution is 0.0787. The van der Waals surface area contributed by atoms with Crippen LogP contribution in [-0.2, 0) is 4.74 Å². The van der Waals surface area contributed by atoms with E-state index in [1.807, 2.05) is 31.3 Å². The van der Waals surface area contributed by atoms with Gasteiger partial charge in [-0.15, -0.1) is 0 Å². The highest BCUT2D eigenvalue weighted by Crippen LogP contribution is 2.18. The lowest BCUT2D eigenvalue weighted by Gasteiger charge is -2.16. The zero-order valence-electron chi connectivity index (χ0n) is 8.52. The third kappa shape index (κ3) is 2.04. The fourth-order valence-corrected chi connectivity index (χ4v) is 1.85. The first-order valence-electron chi connectivity index (χ1n) is 5.17. The third-order valence-corrected chi connectivity index (χ3v) is 2.52. The van der Waals surface area contributed by atoms with Crippen LogP contribution in [0.3, 0.4) is 0 Å². The van der Waals surface area contributed by atoms with Crippen LogP contribution >= 0.6 is 0 Å². The number of rotatable bonds is 3. The minimum absolute atomic E-state index is 0.391. The van der Waals surface area contributed by atoms with E-state index in [1.54, 1.807) is 0 Å². The molecule has 1 atom stereocenters. The van der Waals surface area contributed by atoms with Crippen molar-refractivity contribution in [2.45, 2.75) is 19.4 Å².